The van der Waals surface area contributed by atoms with Gasteiger partial charge in [0.25, 0.3) is 11.8 Å². The summed E-state index contributed by atoms with van der Waals surface area (Å²) < 4.78 is 5.65. The topological polar surface area (TPSA) is 80.8 Å². The number of Topliss-reactive ketones (excluding diaryl/α,β-unsaturated/α-hetero) is 1. The summed E-state index contributed by atoms with van der Waals surface area (Å²) in [6.07, 6.45) is 0. The fraction of sp³-hybridized carbons (Fsp3) is 0.171. The number of carbonyl (C=O) groups excluding carboxylic acids is 4. The van der Waals surface area contributed by atoms with Gasteiger partial charge < -0.3 is 4.74 Å². The van der Waals surface area contributed by atoms with Gasteiger partial charge in [-0.2, -0.15) is 0 Å². The van der Waals surface area contributed by atoms with Crippen LogP contribution >= 0.6 is 6.89 Å². The van der Waals surface area contributed by atoms with E-state index in [0.29, 0.717) is 0 Å². The molecule has 4 aromatic carbocycles. The summed E-state index contributed by atoms with van der Waals surface area (Å²) in [4.78, 5) is 57.8. The molecular weight excluding hydrogens is 545 g/mol. The van der Waals surface area contributed by atoms with Crippen LogP contribution in [0.3, 0.4) is 0 Å². The van der Waals surface area contributed by atoms with Gasteiger partial charge in [0.1, 0.15) is 11.3 Å². The normalized spacial score (nSPS) is 13.6. The fourth-order valence-electron chi connectivity index (χ4n) is 5.71. The molecule has 0 spiro atoms. The third kappa shape index (κ3) is 4.82. The van der Waals surface area contributed by atoms with Gasteiger partial charge in [-0.15, -0.1) is 0 Å². The number of hydrogen-bond acceptors (Lipinski definition) is 5. The molecule has 42 heavy (non-hydrogen) atoms. The zero-order valence-corrected chi connectivity index (χ0v) is 24.7. The van der Waals surface area contributed by atoms with Gasteiger partial charge in [0.2, 0.25) is 0 Å². The predicted octanol–water partition coefficient (Wildman–Crippen LogP) is 4.61. The summed E-state index contributed by atoms with van der Waals surface area (Å²) in [5.41, 5.74) is 0.489. The third-order valence-electron chi connectivity index (χ3n) is 7.47. The van der Waals surface area contributed by atoms with Gasteiger partial charge in [-0.05, 0) is 47.8 Å². The first-order valence-electron chi connectivity index (χ1n) is 14.0. The number of rotatable bonds is 9. The Bertz CT molecular complexity index is 1560. The van der Waals surface area contributed by atoms with E-state index in [-0.39, 0.29) is 23.0 Å². The van der Waals surface area contributed by atoms with Crippen molar-refractivity contribution in [2.45, 2.75) is 26.8 Å². The summed E-state index contributed by atoms with van der Waals surface area (Å²) >= 11 is 0. The number of imide groups is 1. The summed E-state index contributed by atoms with van der Waals surface area (Å²) in [5.74, 6) is -2.94. The minimum Gasteiger partial charge on any atom is -0.462 e. The Morgan fingerprint density at radius 3 is 1.40 bits per heavy atom. The van der Waals surface area contributed by atoms with Crippen molar-refractivity contribution < 1.29 is 23.9 Å². The van der Waals surface area contributed by atoms with Crippen molar-refractivity contribution in [1.29, 1.82) is 0 Å². The van der Waals surface area contributed by atoms with Crippen molar-refractivity contribution in [1.82, 2.24) is 4.90 Å². The number of benzene rings is 4. The summed E-state index contributed by atoms with van der Waals surface area (Å²) in [5, 5.41) is 2.29. The number of esters is 1. The highest BCUT2D eigenvalue weighted by Gasteiger charge is 2.48. The Hall–Kier alpha value is -4.54. The second kappa shape index (κ2) is 12.1. The van der Waals surface area contributed by atoms with Crippen molar-refractivity contribution in [3.05, 3.63) is 126 Å². The van der Waals surface area contributed by atoms with Gasteiger partial charge >= 0.3 is 5.97 Å². The zero-order chi connectivity index (χ0) is 29.9. The number of nitrogens with zero attached hydrogens (tertiary/aromatic N) is 1. The van der Waals surface area contributed by atoms with Crippen molar-refractivity contribution in [2.24, 2.45) is 5.92 Å². The average molecular weight is 578 g/mol. The van der Waals surface area contributed by atoms with E-state index < -0.39 is 42.4 Å². The highest BCUT2D eigenvalue weighted by Crippen LogP contribution is 2.47. The largest absolute Gasteiger partial charge is 0.462 e. The molecule has 1 aliphatic heterocycles. The molecule has 2 amide bonds. The molecule has 0 bridgehead atoms. The number of fused-ring (bicyclic) bond motifs is 1. The van der Waals surface area contributed by atoms with Crippen LogP contribution in [0.1, 0.15) is 41.5 Å². The first kappa shape index (κ1) is 29.0. The maximum atomic E-state index is 15.1. The van der Waals surface area contributed by atoms with E-state index in [1.807, 2.05) is 91.0 Å². The van der Waals surface area contributed by atoms with Gasteiger partial charge in [-0.3, -0.25) is 19.3 Å². The molecular formula is C35H32NO5P. The monoisotopic (exact) mass is 577 g/mol. The van der Waals surface area contributed by atoms with Crippen LogP contribution in [0.4, 0.5) is 0 Å². The van der Waals surface area contributed by atoms with Crippen molar-refractivity contribution in [3.63, 3.8) is 0 Å². The first-order chi connectivity index (χ1) is 20.3. The second-order valence-electron chi connectivity index (χ2n) is 10.3. The van der Waals surface area contributed by atoms with E-state index >= 15 is 4.79 Å². The minimum absolute atomic E-state index is 0.0490. The summed E-state index contributed by atoms with van der Waals surface area (Å²) in [6.45, 7) is 2.09. The van der Waals surface area contributed by atoms with E-state index in [2.05, 4.69) is 0 Å². The molecule has 0 saturated heterocycles. The number of amides is 2. The van der Waals surface area contributed by atoms with E-state index in [9.17, 15) is 14.4 Å². The van der Waals surface area contributed by atoms with Gasteiger partial charge in [-0.1, -0.05) is 117 Å². The highest BCUT2D eigenvalue weighted by molar-refractivity contribution is 7.97. The number of carbonyl (C=O) groups is 4. The number of ether oxygens (including phenoxy) is 1. The molecule has 0 aromatic heterocycles. The van der Waals surface area contributed by atoms with E-state index in [1.54, 1.807) is 45.0 Å². The molecule has 6 nitrogen and oxygen atoms in total. The fourth-order valence-corrected chi connectivity index (χ4v) is 10.0. The van der Waals surface area contributed by atoms with Crippen LogP contribution in [0, 0.1) is 5.92 Å². The van der Waals surface area contributed by atoms with E-state index in [1.165, 1.54) is 0 Å². The second-order valence-corrected chi connectivity index (χ2v) is 13.7. The minimum atomic E-state index is -3.21. The van der Waals surface area contributed by atoms with Gasteiger partial charge in [-0.25, -0.2) is 4.79 Å². The van der Waals surface area contributed by atoms with Crippen molar-refractivity contribution in [3.8, 4) is 0 Å². The number of hydrogen-bond donors (Lipinski definition) is 0. The molecule has 0 aliphatic carbocycles. The molecule has 5 rings (SSSR count). The molecule has 0 radical (unpaired) electrons. The van der Waals surface area contributed by atoms with Crippen molar-refractivity contribution in [2.75, 3.05) is 6.61 Å². The predicted molar refractivity (Wildman–Crippen MR) is 167 cm³/mol. The Kier molecular flexibility index (Phi) is 8.37. The van der Waals surface area contributed by atoms with Gasteiger partial charge in [0.05, 0.1) is 17.7 Å². The lowest BCUT2D eigenvalue weighted by Crippen LogP contribution is -2.53. The SMILES string of the molecule is CCOC(=O)C(C(=O)[C@H](C(C)C)N1C(=O)c2ccccc2C1=O)=P(c1ccccc1)(c1ccccc1)c1ccccc1. The first-order valence-corrected chi connectivity index (χ1v) is 15.7. The maximum Gasteiger partial charge on any atom is 0.342 e. The molecule has 0 fully saturated rings. The van der Waals surface area contributed by atoms with Crippen LogP contribution < -0.4 is 15.9 Å². The van der Waals surface area contributed by atoms with E-state index in [0.717, 1.165) is 20.8 Å². The van der Waals surface area contributed by atoms with Crippen LogP contribution in [-0.4, -0.2) is 46.4 Å². The molecule has 1 atom stereocenters. The highest BCUT2D eigenvalue weighted by atomic mass is 31.2. The van der Waals surface area contributed by atoms with Gasteiger partial charge in [0, 0.05) is 0 Å². The zero-order valence-electron chi connectivity index (χ0n) is 23.8. The van der Waals surface area contributed by atoms with Crippen LogP contribution in [0.2, 0.25) is 0 Å². The standard InChI is InChI=1S/C35H32NO5P/c1-4-41-35(40)32(31(37)30(24(2)3)36-33(38)28-22-14-15-23-29(28)34(36)39)42(25-16-8-5-9-17-25,26-18-10-6-11-19-26)27-20-12-7-13-21-27/h5-24,30H,4H2,1-3H3/t30-/m0/s1. The maximum absolute atomic E-state index is 15.1. The lowest BCUT2D eigenvalue weighted by Gasteiger charge is -2.35. The molecule has 0 unspecified atom stereocenters. The Labute approximate surface area is 245 Å². The van der Waals surface area contributed by atoms with Crippen LogP contribution in [0.25, 0.3) is 0 Å². The van der Waals surface area contributed by atoms with Crippen molar-refractivity contribution >= 4 is 51.7 Å². The molecule has 212 valence electrons. The lowest BCUT2D eigenvalue weighted by atomic mass is 9.96. The third-order valence-corrected chi connectivity index (χ3v) is 11.8. The average Bonchev–Trinajstić information content (AvgIpc) is 3.26. The summed E-state index contributed by atoms with van der Waals surface area (Å²) in [7, 11) is 0. The Morgan fingerprint density at radius 1 is 0.667 bits per heavy atom. The van der Waals surface area contributed by atoms with Crippen LogP contribution in [0.5, 0.6) is 0 Å². The van der Waals surface area contributed by atoms with Crippen LogP contribution in [-0.2, 0) is 14.3 Å². The molecule has 1 heterocycles. The molecule has 1 aliphatic rings. The molecule has 7 heteroatoms. The molecule has 4 aromatic rings. The Morgan fingerprint density at radius 2 is 1.05 bits per heavy atom. The quantitative estimate of drug-likeness (QED) is 0.126. The van der Waals surface area contributed by atoms with Gasteiger partial charge in [0.15, 0.2) is 5.78 Å². The lowest BCUT2D eigenvalue weighted by molar-refractivity contribution is -0.135. The number of ketones is 1. The summed E-state index contributed by atoms with van der Waals surface area (Å²) in [6, 6.07) is 33.8. The Balaban J connectivity index is 1.91. The smallest absolute Gasteiger partial charge is 0.342 e. The van der Waals surface area contributed by atoms with E-state index in [4.69, 9.17) is 4.74 Å². The molecule has 0 N–H and O–H groups in total. The van der Waals surface area contributed by atoms with Crippen LogP contribution in [0.15, 0.2) is 115 Å². The molecule has 0 saturated carbocycles.